The van der Waals surface area contributed by atoms with E-state index in [1.54, 1.807) is 11.1 Å². The highest BCUT2D eigenvalue weighted by molar-refractivity contribution is 5.40. The molecule has 0 amide bonds. The number of ether oxygens (including phenoxy) is 1. The van der Waals surface area contributed by atoms with Crippen LogP contribution in [0.15, 0.2) is 24.3 Å². The zero-order valence-electron chi connectivity index (χ0n) is 12.3. The van der Waals surface area contributed by atoms with Crippen molar-refractivity contribution in [2.75, 3.05) is 20.3 Å². The molecule has 1 aromatic carbocycles. The third-order valence-corrected chi connectivity index (χ3v) is 5.84. The summed E-state index contributed by atoms with van der Waals surface area (Å²) in [5.41, 5.74) is 3.25. The first kappa shape index (κ1) is 12.8. The molecule has 5 unspecified atom stereocenters. The van der Waals surface area contributed by atoms with Crippen LogP contribution >= 0.6 is 0 Å². The molecule has 108 valence electrons. The van der Waals surface area contributed by atoms with Crippen LogP contribution in [0.2, 0.25) is 0 Å². The summed E-state index contributed by atoms with van der Waals surface area (Å²) in [4.78, 5) is 0. The Kier molecular flexibility index (Phi) is 3.31. The van der Waals surface area contributed by atoms with E-state index in [-0.39, 0.29) is 0 Å². The van der Waals surface area contributed by atoms with Gasteiger partial charge in [-0.25, -0.2) is 0 Å². The van der Waals surface area contributed by atoms with Crippen molar-refractivity contribution in [2.24, 2.45) is 17.8 Å². The van der Waals surface area contributed by atoms with Gasteiger partial charge in [0, 0.05) is 12.6 Å². The molecule has 2 heteroatoms. The van der Waals surface area contributed by atoms with Crippen LogP contribution in [0.25, 0.3) is 0 Å². The average molecular weight is 271 g/mol. The quantitative estimate of drug-likeness (QED) is 0.912. The van der Waals surface area contributed by atoms with Gasteiger partial charge in [0.25, 0.3) is 0 Å². The number of hydrogen-bond acceptors (Lipinski definition) is 2. The van der Waals surface area contributed by atoms with Crippen molar-refractivity contribution in [1.82, 2.24) is 5.32 Å². The van der Waals surface area contributed by atoms with Gasteiger partial charge in [-0.1, -0.05) is 24.3 Å². The maximum atomic E-state index is 5.73. The fourth-order valence-electron chi connectivity index (χ4n) is 4.90. The molecule has 2 aliphatic carbocycles. The Balaban J connectivity index is 1.55. The van der Waals surface area contributed by atoms with Crippen molar-refractivity contribution in [3.05, 3.63) is 35.4 Å². The van der Waals surface area contributed by atoms with Gasteiger partial charge in [0.2, 0.25) is 0 Å². The lowest BCUT2D eigenvalue weighted by Crippen LogP contribution is -2.40. The average Bonchev–Trinajstić information content (AvgIpc) is 3.24. The second-order valence-corrected chi connectivity index (χ2v) is 6.80. The Hall–Kier alpha value is -0.860. The normalized spacial score (nSPS) is 36.9. The highest BCUT2D eigenvalue weighted by atomic mass is 16.5. The molecule has 1 aromatic rings. The highest BCUT2D eigenvalue weighted by Gasteiger charge is 2.57. The zero-order valence-corrected chi connectivity index (χ0v) is 12.3. The molecule has 1 saturated heterocycles. The summed E-state index contributed by atoms with van der Waals surface area (Å²) < 4.78 is 5.73. The van der Waals surface area contributed by atoms with Crippen LogP contribution in [-0.4, -0.2) is 26.3 Å². The molecular weight excluding hydrogens is 246 g/mol. The van der Waals surface area contributed by atoms with E-state index in [1.165, 1.54) is 25.7 Å². The van der Waals surface area contributed by atoms with Crippen molar-refractivity contribution < 1.29 is 4.74 Å². The van der Waals surface area contributed by atoms with Crippen LogP contribution in [0.3, 0.4) is 0 Å². The van der Waals surface area contributed by atoms with Gasteiger partial charge in [-0.3, -0.25) is 0 Å². The van der Waals surface area contributed by atoms with Gasteiger partial charge in [-0.15, -0.1) is 0 Å². The van der Waals surface area contributed by atoms with Crippen molar-refractivity contribution in [2.45, 2.75) is 37.6 Å². The summed E-state index contributed by atoms with van der Waals surface area (Å²) >= 11 is 0. The first-order valence-electron chi connectivity index (χ1n) is 8.23. The molecule has 1 heterocycles. The Labute approximate surface area is 121 Å². The molecular formula is C18H25NO. The number of hydrogen-bond donors (Lipinski definition) is 1. The second-order valence-electron chi connectivity index (χ2n) is 6.80. The molecule has 5 atom stereocenters. The largest absolute Gasteiger partial charge is 0.381 e. The van der Waals surface area contributed by atoms with Crippen LogP contribution in [0.4, 0.5) is 0 Å². The summed E-state index contributed by atoms with van der Waals surface area (Å²) in [5.74, 6) is 3.30. The fraction of sp³-hybridized carbons (Fsp3) is 0.667. The van der Waals surface area contributed by atoms with Crippen molar-refractivity contribution >= 4 is 0 Å². The monoisotopic (exact) mass is 271 g/mol. The van der Waals surface area contributed by atoms with Gasteiger partial charge >= 0.3 is 0 Å². The summed E-state index contributed by atoms with van der Waals surface area (Å²) in [6.07, 6.45) is 5.24. The van der Waals surface area contributed by atoms with Gasteiger partial charge < -0.3 is 10.1 Å². The lowest BCUT2D eigenvalue weighted by molar-refractivity contribution is 0.0358. The van der Waals surface area contributed by atoms with E-state index in [0.29, 0.717) is 6.04 Å². The van der Waals surface area contributed by atoms with E-state index >= 15 is 0 Å². The lowest BCUT2D eigenvalue weighted by atomic mass is 9.88. The van der Waals surface area contributed by atoms with Crippen molar-refractivity contribution in [3.8, 4) is 0 Å². The minimum absolute atomic E-state index is 0.649. The molecule has 0 radical (unpaired) electrons. The number of rotatable bonds is 3. The molecule has 1 saturated carbocycles. The first-order valence-corrected chi connectivity index (χ1v) is 8.23. The SMILES string of the molecule is CNC(C1CCCOC1)C1C2CCc3ccccc3C21. The smallest absolute Gasteiger partial charge is 0.0509 e. The maximum absolute atomic E-state index is 5.73. The molecule has 0 spiro atoms. The predicted octanol–water partition coefficient (Wildman–Crippen LogP) is 2.98. The standard InChI is InChI=1S/C18H25NO/c1-19-18(13-6-4-10-20-11-13)17-15-9-8-12-5-2-3-7-14(12)16(15)17/h2-3,5,7,13,15-19H,4,6,8-11H2,1H3. The van der Waals surface area contributed by atoms with E-state index in [2.05, 4.69) is 36.6 Å². The van der Waals surface area contributed by atoms with Crippen LogP contribution in [0, 0.1) is 17.8 Å². The predicted molar refractivity (Wildman–Crippen MR) is 80.9 cm³/mol. The molecule has 0 aromatic heterocycles. The topological polar surface area (TPSA) is 21.3 Å². The summed E-state index contributed by atoms with van der Waals surface area (Å²) in [6.45, 7) is 1.93. The van der Waals surface area contributed by atoms with Gasteiger partial charge in [0.05, 0.1) is 6.61 Å². The molecule has 2 fully saturated rings. The molecule has 0 bridgehead atoms. The maximum Gasteiger partial charge on any atom is 0.0509 e. The molecule has 2 nitrogen and oxygen atoms in total. The van der Waals surface area contributed by atoms with Crippen LogP contribution in [0.1, 0.15) is 36.3 Å². The highest BCUT2D eigenvalue weighted by Crippen LogP contribution is 2.62. The molecule has 1 N–H and O–H groups in total. The number of benzene rings is 1. The molecule has 1 aliphatic heterocycles. The van der Waals surface area contributed by atoms with Crippen molar-refractivity contribution in [3.63, 3.8) is 0 Å². The first-order chi connectivity index (χ1) is 9.90. The van der Waals surface area contributed by atoms with Gasteiger partial charge in [0.1, 0.15) is 0 Å². The second kappa shape index (κ2) is 5.16. The van der Waals surface area contributed by atoms with E-state index in [0.717, 1.165) is 36.9 Å². The van der Waals surface area contributed by atoms with Gasteiger partial charge in [0.15, 0.2) is 0 Å². The number of nitrogens with one attached hydrogen (secondary N) is 1. The Morgan fingerprint density at radius 2 is 2.15 bits per heavy atom. The summed E-state index contributed by atoms with van der Waals surface area (Å²) in [5, 5.41) is 3.64. The van der Waals surface area contributed by atoms with Crippen LogP contribution in [0.5, 0.6) is 0 Å². The number of fused-ring (bicyclic) bond motifs is 3. The molecule has 20 heavy (non-hydrogen) atoms. The van der Waals surface area contributed by atoms with Gasteiger partial charge in [-0.05, 0) is 67.5 Å². The summed E-state index contributed by atoms with van der Waals surface area (Å²) in [6, 6.07) is 9.77. The molecule has 3 aliphatic rings. The number of aryl methyl sites for hydroxylation is 1. The summed E-state index contributed by atoms with van der Waals surface area (Å²) in [7, 11) is 2.15. The zero-order chi connectivity index (χ0) is 13.5. The van der Waals surface area contributed by atoms with Crippen LogP contribution in [-0.2, 0) is 11.2 Å². The van der Waals surface area contributed by atoms with Gasteiger partial charge in [-0.2, -0.15) is 0 Å². The van der Waals surface area contributed by atoms with E-state index < -0.39 is 0 Å². The lowest BCUT2D eigenvalue weighted by Gasteiger charge is -2.30. The van der Waals surface area contributed by atoms with E-state index in [4.69, 9.17) is 4.74 Å². The minimum Gasteiger partial charge on any atom is -0.381 e. The third-order valence-electron chi connectivity index (χ3n) is 5.84. The Morgan fingerprint density at radius 1 is 1.25 bits per heavy atom. The molecule has 4 rings (SSSR count). The minimum atomic E-state index is 0.649. The Bertz CT molecular complexity index is 480. The van der Waals surface area contributed by atoms with Crippen LogP contribution < -0.4 is 5.32 Å². The Morgan fingerprint density at radius 3 is 2.95 bits per heavy atom. The van der Waals surface area contributed by atoms with E-state index in [9.17, 15) is 0 Å². The van der Waals surface area contributed by atoms with Crippen molar-refractivity contribution in [1.29, 1.82) is 0 Å². The third kappa shape index (κ3) is 2.01. The van der Waals surface area contributed by atoms with E-state index in [1.807, 2.05) is 0 Å². The fourth-order valence-corrected chi connectivity index (χ4v) is 4.90.